The molecule has 1 saturated heterocycles. The van der Waals surface area contributed by atoms with Gasteiger partial charge >= 0.3 is 0 Å². The molecule has 3 rings (SSSR count). The van der Waals surface area contributed by atoms with Crippen LogP contribution in [-0.2, 0) is 11.3 Å². The third kappa shape index (κ3) is 7.15. The summed E-state index contributed by atoms with van der Waals surface area (Å²) in [5.74, 6) is 0.547. The monoisotopic (exact) mass is 451 g/mol. The lowest BCUT2D eigenvalue weighted by Crippen LogP contribution is -2.24. The largest absolute Gasteiger partial charge is 0.353 e. The minimum Gasteiger partial charge on any atom is -0.353 e. The van der Waals surface area contributed by atoms with Crippen molar-refractivity contribution in [1.82, 2.24) is 15.3 Å². The molecule has 1 unspecified atom stereocenters. The number of carbonyl (C=O) groups excluding carboxylic acids is 1. The number of unbranched alkanes of at least 4 members (excludes halogenated alkanes) is 1. The zero-order valence-corrected chi connectivity index (χ0v) is 18.7. The third-order valence-corrected chi connectivity index (χ3v) is 5.50. The Morgan fingerprint density at radius 1 is 1.30 bits per heavy atom. The summed E-state index contributed by atoms with van der Waals surface area (Å²) in [5, 5.41) is 14.1. The molecule has 1 amide bonds. The zero-order chi connectivity index (χ0) is 22.1. The quantitative estimate of drug-likeness (QED) is 0.465. The Balaban J connectivity index is 0.000000269. The molecule has 0 saturated carbocycles. The molecular formula is C21H27Cl2N5O2. The van der Waals surface area contributed by atoms with Gasteiger partial charge in [0.05, 0.1) is 15.7 Å². The summed E-state index contributed by atoms with van der Waals surface area (Å²) >= 11 is 11.8. The average Bonchev–Trinajstić information content (AvgIpc) is 3.15. The number of carbonyl (C=O) groups is 1. The summed E-state index contributed by atoms with van der Waals surface area (Å²) in [7, 11) is 0. The number of anilines is 1. The first-order valence-electron chi connectivity index (χ1n) is 9.92. The molecule has 1 aromatic carbocycles. The standard InChI is InChI=1S/C13H12Cl2N4O.C8H15NO/c1-7-11(5-16)18-13(19-12(7)20)17-6-8-2-3-9(14)10(15)4-8;1-2-3-4-7-5-6-8(10)9-7/h2-5,16H,6H2,1H3,(H2,17,18,19,20);7H,2-6H2,1H3,(H,9,10). The maximum absolute atomic E-state index is 11.7. The van der Waals surface area contributed by atoms with Crippen LogP contribution < -0.4 is 16.2 Å². The van der Waals surface area contributed by atoms with Gasteiger partial charge in [0.25, 0.3) is 5.56 Å². The Kier molecular flexibility index (Phi) is 9.33. The first-order valence-corrected chi connectivity index (χ1v) is 10.7. The van der Waals surface area contributed by atoms with Crippen molar-refractivity contribution in [2.75, 3.05) is 5.32 Å². The van der Waals surface area contributed by atoms with Crippen LogP contribution in [0.15, 0.2) is 23.0 Å². The van der Waals surface area contributed by atoms with Gasteiger partial charge in [-0.1, -0.05) is 49.0 Å². The summed E-state index contributed by atoms with van der Waals surface area (Å²) in [6.07, 6.45) is 6.49. The number of nitrogens with zero attached hydrogens (tertiary/aromatic N) is 1. The zero-order valence-electron chi connectivity index (χ0n) is 17.1. The number of rotatable bonds is 7. The van der Waals surface area contributed by atoms with Crippen LogP contribution in [0.2, 0.25) is 10.0 Å². The molecule has 4 N–H and O–H groups in total. The van der Waals surface area contributed by atoms with Gasteiger partial charge in [-0.05, 0) is 37.5 Å². The van der Waals surface area contributed by atoms with Crippen molar-refractivity contribution in [3.63, 3.8) is 0 Å². The Morgan fingerprint density at radius 3 is 2.67 bits per heavy atom. The van der Waals surface area contributed by atoms with Crippen LogP contribution in [0.5, 0.6) is 0 Å². The number of hydrogen-bond donors (Lipinski definition) is 4. The SMILES string of the molecule is CCCCC1CCC(=O)N1.Cc1c(C=N)nc(NCc2ccc(Cl)c(Cl)c2)[nH]c1=O. The lowest BCUT2D eigenvalue weighted by molar-refractivity contribution is -0.119. The molecule has 9 heteroatoms. The number of hydrogen-bond acceptors (Lipinski definition) is 5. The lowest BCUT2D eigenvalue weighted by Gasteiger charge is -2.08. The molecule has 0 bridgehead atoms. The molecule has 2 aromatic rings. The fraction of sp³-hybridized carbons (Fsp3) is 0.429. The van der Waals surface area contributed by atoms with Gasteiger partial charge in [-0.3, -0.25) is 14.6 Å². The molecule has 1 aliphatic rings. The van der Waals surface area contributed by atoms with Crippen LogP contribution in [0.3, 0.4) is 0 Å². The normalized spacial score (nSPS) is 15.2. The van der Waals surface area contributed by atoms with E-state index in [1.54, 1.807) is 19.1 Å². The second-order valence-corrected chi connectivity index (χ2v) is 7.93. The highest BCUT2D eigenvalue weighted by molar-refractivity contribution is 6.42. The van der Waals surface area contributed by atoms with Gasteiger partial charge < -0.3 is 16.0 Å². The van der Waals surface area contributed by atoms with Crippen molar-refractivity contribution in [3.05, 3.63) is 55.4 Å². The van der Waals surface area contributed by atoms with E-state index < -0.39 is 0 Å². The van der Waals surface area contributed by atoms with Crippen LogP contribution in [0, 0.1) is 12.3 Å². The van der Waals surface area contributed by atoms with Crippen molar-refractivity contribution in [2.24, 2.45) is 0 Å². The number of H-pyrrole nitrogens is 1. The van der Waals surface area contributed by atoms with Crippen molar-refractivity contribution in [3.8, 4) is 0 Å². The third-order valence-electron chi connectivity index (χ3n) is 4.76. The number of aromatic nitrogens is 2. The molecule has 1 atom stereocenters. The minimum absolute atomic E-state index is 0.237. The van der Waals surface area contributed by atoms with Gasteiger partial charge in [0.2, 0.25) is 11.9 Å². The number of amides is 1. The molecular weight excluding hydrogens is 425 g/mol. The Hall–Kier alpha value is -2.38. The molecule has 1 fully saturated rings. The molecule has 0 spiro atoms. The van der Waals surface area contributed by atoms with E-state index >= 15 is 0 Å². The number of aromatic amines is 1. The van der Waals surface area contributed by atoms with E-state index in [0.29, 0.717) is 39.8 Å². The Labute approximate surface area is 186 Å². The molecule has 7 nitrogen and oxygen atoms in total. The average molecular weight is 452 g/mol. The predicted octanol–water partition coefficient (Wildman–Crippen LogP) is 4.45. The summed E-state index contributed by atoms with van der Waals surface area (Å²) in [5.41, 5.74) is 1.39. The second kappa shape index (κ2) is 11.7. The van der Waals surface area contributed by atoms with E-state index in [4.69, 9.17) is 28.6 Å². The highest BCUT2D eigenvalue weighted by Gasteiger charge is 2.19. The number of halogens is 2. The molecule has 30 heavy (non-hydrogen) atoms. The van der Waals surface area contributed by atoms with Crippen LogP contribution in [0.1, 0.15) is 55.8 Å². The van der Waals surface area contributed by atoms with E-state index in [1.807, 2.05) is 6.07 Å². The van der Waals surface area contributed by atoms with E-state index in [2.05, 4.69) is 27.5 Å². The maximum Gasteiger partial charge on any atom is 0.255 e. The van der Waals surface area contributed by atoms with E-state index in [-0.39, 0.29) is 11.5 Å². The summed E-state index contributed by atoms with van der Waals surface area (Å²) in [4.78, 5) is 29.1. The Morgan fingerprint density at radius 2 is 2.07 bits per heavy atom. The highest BCUT2D eigenvalue weighted by Crippen LogP contribution is 2.22. The van der Waals surface area contributed by atoms with Gasteiger partial charge in [0.15, 0.2) is 0 Å². The first-order chi connectivity index (χ1) is 14.3. The van der Waals surface area contributed by atoms with E-state index in [1.165, 1.54) is 19.3 Å². The van der Waals surface area contributed by atoms with Crippen molar-refractivity contribution < 1.29 is 4.79 Å². The number of benzene rings is 1. The van der Waals surface area contributed by atoms with Gasteiger partial charge in [-0.25, -0.2) is 4.98 Å². The predicted molar refractivity (Wildman–Crippen MR) is 122 cm³/mol. The van der Waals surface area contributed by atoms with Crippen LogP contribution in [0.25, 0.3) is 0 Å². The van der Waals surface area contributed by atoms with Crippen LogP contribution in [-0.4, -0.2) is 28.1 Å². The molecule has 2 heterocycles. The maximum atomic E-state index is 11.7. The lowest BCUT2D eigenvalue weighted by atomic mass is 10.1. The first kappa shape index (κ1) is 23.9. The van der Waals surface area contributed by atoms with Crippen LogP contribution >= 0.6 is 23.2 Å². The van der Waals surface area contributed by atoms with E-state index in [9.17, 15) is 9.59 Å². The van der Waals surface area contributed by atoms with Crippen molar-refractivity contribution in [2.45, 2.75) is 58.5 Å². The fourth-order valence-corrected chi connectivity index (χ4v) is 3.27. The summed E-state index contributed by atoms with van der Waals surface area (Å²) in [6, 6.07) is 5.76. The second-order valence-electron chi connectivity index (χ2n) is 7.12. The number of nitrogens with one attached hydrogen (secondary N) is 4. The molecule has 0 radical (unpaired) electrons. The van der Waals surface area contributed by atoms with Gasteiger partial charge in [0, 0.05) is 30.8 Å². The van der Waals surface area contributed by atoms with Gasteiger partial charge in [-0.15, -0.1) is 0 Å². The van der Waals surface area contributed by atoms with Gasteiger partial charge in [0.1, 0.15) is 0 Å². The summed E-state index contributed by atoms with van der Waals surface area (Å²) < 4.78 is 0. The molecule has 162 valence electrons. The molecule has 1 aromatic heterocycles. The van der Waals surface area contributed by atoms with Crippen molar-refractivity contribution >= 4 is 41.3 Å². The Bertz CT molecular complexity index is 945. The highest BCUT2D eigenvalue weighted by atomic mass is 35.5. The van der Waals surface area contributed by atoms with E-state index in [0.717, 1.165) is 24.6 Å². The van der Waals surface area contributed by atoms with Crippen molar-refractivity contribution in [1.29, 1.82) is 5.41 Å². The smallest absolute Gasteiger partial charge is 0.255 e. The fourth-order valence-electron chi connectivity index (χ4n) is 2.95. The van der Waals surface area contributed by atoms with Gasteiger partial charge in [-0.2, -0.15) is 0 Å². The summed E-state index contributed by atoms with van der Waals surface area (Å²) in [6.45, 7) is 4.23. The molecule has 1 aliphatic heterocycles. The molecule has 0 aliphatic carbocycles. The topological polar surface area (TPSA) is 111 Å². The minimum atomic E-state index is -0.268. The van der Waals surface area contributed by atoms with Crippen LogP contribution in [0.4, 0.5) is 5.95 Å².